The summed E-state index contributed by atoms with van der Waals surface area (Å²) in [4.78, 5) is 39.9. The highest BCUT2D eigenvalue weighted by Crippen LogP contribution is 2.55. The van der Waals surface area contributed by atoms with E-state index in [1.165, 1.54) is 15.5 Å². The summed E-state index contributed by atoms with van der Waals surface area (Å²) in [6, 6.07) is 8.21. The van der Waals surface area contributed by atoms with Crippen LogP contribution in [-0.4, -0.2) is 22.9 Å². The average molecular weight is 507 g/mol. The van der Waals surface area contributed by atoms with Crippen LogP contribution in [0.25, 0.3) is 21.2 Å². The zero-order valence-electron chi connectivity index (χ0n) is 19.3. The van der Waals surface area contributed by atoms with Crippen LogP contribution in [0.3, 0.4) is 0 Å². The largest absolute Gasteiger partial charge is 0.352 e. The van der Waals surface area contributed by atoms with Crippen LogP contribution in [0, 0.1) is 11.6 Å². The first kappa shape index (κ1) is 23.4. The molecule has 0 radical (unpaired) electrons. The standard InChI is InChI=1S/C26H20F2N4O3S/c1-4-20(33)30-14-7-9-18-15(11-14)16-12-31(3)26(35)23-21(16)22(24(36-23)25(34)29-5-2)32(18)19-8-6-13(27)10-17(19)28/h4,6-12H,1,5H2,2-3H3,(H,29,34)(H,30,33). The van der Waals surface area contributed by atoms with Gasteiger partial charge in [0.1, 0.15) is 21.2 Å². The van der Waals surface area contributed by atoms with Gasteiger partial charge in [-0.05, 0) is 43.3 Å². The van der Waals surface area contributed by atoms with Gasteiger partial charge in [-0.25, -0.2) is 8.78 Å². The molecule has 4 aromatic rings. The van der Waals surface area contributed by atoms with Crippen LogP contribution in [0.15, 0.2) is 60.0 Å². The second-order valence-corrected chi connectivity index (χ2v) is 9.18. The Labute approximate surface area is 208 Å². The number of amides is 2. The molecule has 182 valence electrons. The number of fused-ring (bicyclic) bond motifs is 2. The molecule has 2 N–H and O–H groups in total. The predicted molar refractivity (Wildman–Crippen MR) is 137 cm³/mol. The van der Waals surface area contributed by atoms with Crippen LogP contribution in [0.1, 0.15) is 16.6 Å². The number of halogens is 2. The Morgan fingerprint density at radius 3 is 2.56 bits per heavy atom. The quantitative estimate of drug-likeness (QED) is 0.321. The van der Waals surface area contributed by atoms with E-state index in [-0.39, 0.29) is 16.1 Å². The number of nitrogens with zero attached hydrogens (tertiary/aromatic N) is 2. The Kier molecular flexibility index (Phi) is 5.68. The van der Waals surface area contributed by atoms with Crippen molar-refractivity contribution in [3.8, 4) is 11.1 Å². The molecule has 0 bridgehead atoms. The Morgan fingerprint density at radius 2 is 1.86 bits per heavy atom. The maximum absolute atomic E-state index is 15.2. The molecule has 0 fully saturated rings. The second-order valence-electron chi connectivity index (χ2n) is 8.16. The van der Waals surface area contributed by atoms with Crippen molar-refractivity contribution in [2.24, 2.45) is 7.05 Å². The van der Waals surface area contributed by atoms with Gasteiger partial charge in [-0.2, -0.15) is 0 Å². The third-order valence-electron chi connectivity index (χ3n) is 5.89. The van der Waals surface area contributed by atoms with Gasteiger partial charge in [0.2, 0.25) is 5.91 Å². The molecule has 0 atom stereocenters. The van der Waals surface area contributed by atoms with E-state index in [2.05, 4.69) is 17.2 Å². The van der Waals surface area contributed by atoms with E-state index < -0.39 is 23.4 Å². The van der Waals surface area contributed by atoms with Crippen LogP contribution in [0.4, 0.5) is 31.5 Å². The van der Waals surface area contributed by atoms with Gasteiger partial charge in [0.15, 0.2) is 0 Å². The summed E-state index contributed by atoms with van der Waals surface area (Å²) in [7, 11) is 1.61. The summed E-state index contributed by atoms with van der Waals surface area (Å²) in [5.74, 6) is -2.40. The summed E-state index contributed by atoms with van der Waals surface area (Å²) in [6.45, 7) is 5.59. The number of thiophene rings is 1. The van der Waals surface area contributed by atoms with Crippen molar-refractivity contribution in [2.75, 3.05) is 16.8 Å². The van der Waals surface area contributed by atoms with Crippen molar-refractivity contribution in [1.82, 2.24) is 9.88 Å². The normalized spacial score (nSPS) is 11.8. The molecule has 36 heavy (non-hydrogen) atoms. The maximum Gasteiger partial charge on any atom is 0.268 e. The number of rotatable bonds is 5. The third-order valence-corrected chi connectivity index (χ3v) is 7.05. The molecule has 1 aliphatic rings. The van der Waals surface area contributed by atoms with E-state index in [1.807, 2.05) is 0 Å². The van der Waals surface area contributed by atoms with Crippen molar-refractivity contribution >= 4 is 56.0 Å². The van der Waals surface area contributed by atoms with Gasteiger partial charge in [0.25, 0.3) is 11.5 Å². The molecule has 3 heterocycles. The Bertz CT molecular complexity index is 1660. The molecule has 2 aromatic heterocycles. The summed E-state index contributed by atoms with van der Waals surface area (Å²) in [6.07, 6.45) is 2.79. The summed E-state index contributed by atoms with van der Waals surface area (Å²) in [5, 5.41) is 5.94. The molecule has 2 aromatic carbocycles. The molecule has 2 amide bonds. The Morgan fingerprint density at radius 1 is 1.11 bits per heavy atom. The van der Waals surface area contributed by atoms with Crippen molar-refractivity contribution in [3.63, 3.8) is 0 Å². The van der Waals surface area contributed by atoms with E-state index in [9.17, 15) is 18.8 Å². The lowest BCUT2D eigenvalue weighted by molar-refractivity contribution is -0.111. The topological polar surface area (TPSA) is 83.4 Å². The molecule has 0 saturated heterocycles. The van der Waals surface area contributed by atoms with Crippen molar-refractivity contribution in [1.29, 1.82) is 0 Å². The molecule has 1 aliphatic heterocycles. The average Bonchev–Trinajstić information content (AvgIpc) is 3.24. The predicted octanol–water partition coefficient (Wildman–Crippen LogP) is 5.20. The minimum Gasteiger partial charge on any atom is -0.352 e. The summed E-state index contributed by atoms with van der Waals surface area (Å²) in [5.41, 5.74) is 2.23. The molecule has 0 aliphatic carbocycles. The van der Waals surface area contributed by atoms with Gasteiger partial charge in [-0.1, -0.05) is 6.58 Å². The molecular formula is C26H20F2N4O3S. The van der Waals surface area contributed by atoms with Crippen molar-refractivity contribution < 1.29 is 18.4 Å². The number of aryl methyl sites for hydroxylation is 1. The van der Waals surface area contributed by atoms with Gasteiger partial charge in [0, 0.05) is 48.1 Å². The van der Waals surface area contributed by atoms with Gasteiger partial charge in [-0.3, -0.25) is 14.4 Å². The van der Waals surface area contributed by atoms with E-state index in [1.54, 1.807) is 38.4 Å². The zero-order chi connectivity index (χ0) is 25.7. The molecule has 0 unspecified atom stereocenters. The Balaban J connectivity index is 1.91. The molecule has 7 nitrogen and oxygen atoms in total. The van der Waals surface area contributed by atoms with Crippen LogP contribution in [-0.2, 0) is 11.8 Å². The lowest BCUT2D eigenvalue weighted by Gasteiger charge is -2.32. The van der Waals surface area contributed by atoms with Gasteiger partial charge >= 0.3 is 0 Å². The number of hydrogen-bond donors (Lipinski definition) is 2. The second kappa shape index (κ2) is 8.72. The lowest BCUT2D eigenvalue weighted by atomic mass is 9.94. The van der Waals surface area contributed by atoms with Gasteiger partial charge < -0.3 is 20.1 Å². The molecular weight excluding hydrogens is 486 g/mol. The lowest BCUT2D eigenvalue weighted by Crippen LogP contribution is -2.25. The number of carbonyl (C=O) groups excluding carboxylic acids is 2. The molecule has 0 spiro atoms. The number of hydrogen-bond acceptors (Lipinski definition) is 5. The molecule has 0 saturated carbocycles. The van der Waals surface area contributed by atoms with Gasteiger partial charge in [-0.15, -0.1) is 11.3 Å². The SMILES string of the molecule is C=CC(=O)Nc1ccc2c(c1)-c1cn(C)c(=O)c3sc(C(=O)NCC)c(c13)N2c1ccc(F)cc1F. The summed E-state index contributed by atoms with van der Waals surface area (Å²) >= 11 is 1.02. The van der Waals surface area contributed by atoms with E-state index in [0.29, 0.717) is 44.8 Å². The zero-order valence-corrected chi connectivity index (χ0v) is 20.1. The van der Waals surface area contributed by atoms with Crippen LogP contribution >= 0.6 is 11.3 Å². The first-order valence-electron chi connectivity index (χ1n) is 11.0. The van der Waals surface area contributed by atoms with E-state index in [4.69, 9.17) is 0 Å². The van der Waals surface area contributed by atoms with E-state index in [0.717, 1.165) is 29.5 Å². The number of aromatic nitrogens is 1. The highest BCUT2D eigenvalue weighted by atomic mass is 32.1. The first-order valence-corrected chi connectivity index (χ1v) is 11.8. The van der Waals surface area contributed by atoms with Crippen molar-refractivity contribution in [3.05, 3.63) is 82.1 Å². The monoisotopic (exact) mass is 506 g/mol. The molecule has 5 rings (SSSR count). The minimum absolute atomic E-state index is 0.0112. The molecule has 10 heteroatoms. The van der Waals surface area contributed by atoms with Crippen LogP contribution in [0.2, 0.25) is 0 Å². The number of benzene rings is 2. The van der Waals surface area contributed by atoms with Crippen LogP contribution in [0.5, 0.6) is 0 Å². The van der Waals surface area contributed by atoms with Crippen LogP contribution < -0.4 is 21.1 Å². The van der Waals surface area contributed by atoms with E-state index >= 15 is 4.39 Å². The number of nitrogens with one attached hydrogen (secondary N) is 2. The minimum atomic E-state index is -0.835. The first-order chi connectivity index (χ1) is 17.2. The summed E-state index contributed by atoms with van der Waals surface area (Å²) < 4.78 is 30.8. The fraction of sp³-hybridized carbons (Fsp3) is 0.115. The van der Waals surface area contributed by atoms with Crippen molar-refractivity contribution in [2.45, 2.75) is 6.92 Å². The fourth-order valence-corrected chi connectivity index (χ4v) is 5.56. The fourth-order valence-electron chi connectivity index (χ4n) is 4.36. The third kappa shape index (κ3) is 3.57. The number of anilines is 4. The highest BCUT2D eigenvalue weighted by Gasteiger charge is 2.35. The Hall–Kier alpha value is -4.31. The number of pyridine rings is 1. The van der Waals surface area contributed by atoms with Gasteiger partial charge in [0.05, 0.1) is 17.1 Å². The highest BCUT2D eigenvalue weighted by molar-refractivity contribution is 7.21. The maximum atomic E-state index is 15.2. The number of carbonyl (C=O) groups is 2. The smallest absolute Gasteiger partial charge is 0.268 e.